The number of benzene rings is 1. The summed E-state index contributed by atoms with van der Waals surface area (Å²) in [5.41, 5.74) is 1.27. The maximum absolute atomic E-state index is 12.9. The van der Waals surface area contributed by atoms with Crippen molar-refractivity contribution in [2.75, 3.05) is 26.3 Å². The van der Waals surface area contributed by atoms with Crippen LogP contribution >= 0.6 is 23.7 Å². The Labute approximate surface area is 166 Å². The van der Waals surface area contributed by atoms with Crippen molar-refractivity contribution in [1.82, 2.24) is 10.2 Å². The van der Waals surface area contributed by atoms with Crippen LogP contribution in [-0.2, 0) is 22.5 Å². The lowest BCUT2D eigenvalue weighted by Gasteiger charge is -2.27. The fourth-order valence-electron chi connectivity index (χ4n) is 3.05. The number of halogens is 1. The minimum absolute atomic E-state index is 0. The van der Waals surface area contributed by atoms with Gasteiger partial charge in [0, 0.05) is 35.3 Å². The van der Waals surface area contributed by atoms with E-state index in [1.807, 2.05) is 23.1 Å². The number of hydrogen-bond acceptors (Lipinski definition) is 4. The van der Waals surface area contributed by atoms with Gasteiger partial charge in [0.15, 0.2) is 0 Å². The fourth-order valence-corrected chi connectivity index (χ4v) is 3.96. The van der Waals surface area contributed by atoms with Crippen LogP contribution in [0.4, 0.5) is 0 Å². The van der Waals surface area contributed by atoms with Crippen LogP contribution in [0, 0.1) is 6.92 Å². The zero-order chi connectivity index (χ0) is 17.5. The average molecular weight is 395 g/mol. The van der Waals surface area contributed by atoms with Crippen LogP contribution in [0.2, 0.25) is 0 Å². The second kappa shape index (κ2) is 10.7. The zero-order valence-electron chi connectivity index (χ0n) is 15.1. The average Bonchev–Trinajstić information content (AvgIpc) is 3.05. The number of rotatable bonds is 7. The molecule has 0 aliphatic carbocycles. The van der Waals surface area contributed by atoms with Gasteiger partial charge in [0.2, 0.25) is 5.91 Å². The van der Waals surface area contributed by atoms with Crippen molar-refractivity contribution in [2.45, 2.75) is 32.4 Å². The Bertz CT molecular complexity index is 671. The summed E-state index contributed by atoms with van der Waals surface area (Å²) < 4.78 is 5.48. The van der Waals surface area contributed by atoms with Crippen molar-refractivity contribution in [3.63, 3.8) is 0 Å². The Hall–Kier alpha value is -1.40. The molecule has 0 radical (unpaired) electrons. The van der Waals surface area contributed by atoms with Crippen molar-refractivity contribution in [3.05, 3.63) is 57.8 Å². The third-order valence-corrected chi connectivity index (χ3v) is 5.41. The molecule has 26 heavy (non-hydrogen) atoms. The number of aryl methyl sites for hydroxylation is 1. The standard InChI is InChI=1S/C20H26N2O2S.ClH/c1-16-7-8-19(25-16)14-22(11-9-17-5-3-2-4-6-17)20(23)13-18-15-24-12-10-21-18;/h2-8,18,21H,9-15H2,1H3;1H. The zero-order valence-corrected chi connectivity index (χ0v) is 16.8. The lowest BCUT2D eigenvalue weighted by molar-refractivity contribution is -0.133. The molecule has 6 heteroatoms. The third kappa shape index (κ3) is 6.40. The molecule has 1 unspecified atom stereocenters. The van der Waals surface area contributed by atoms with Gasteiger partial charge >= 0.3 is 0 Å². The van der Waals surface area contributed by atoms with Gasteiger partial charge < -0.3 is 15.0 Å². The Morgan fingerprint density at radius 3 is 2.73 bits per heavy atom. The topological polar surface area (TPSA) is 41.6 Å². The van der Waals surface area contributed by atoms with E-state index in [2.05, 4.69) is 36.5 Å². The molecule has 1 fully saturated rings. The van der Waals surface area contributed by atoms with Gasteiger partial charge in [-0.1, -0.05) is 30.3 Å². The normalized spacial score (nSPS) is 16.7. The molecule has 2 aromatic rings. The van der Waals surface area contributed by atoms with Gasteiger partial charge in [0.05, 0.1) is 19.8 Å². The van der Waals surface area contributed by atoms with Crippen molar-refractivity contribution < 1.29 is 9.53 Å². The first-order valence-corrected chi connectivity index (χ1v) is 9.70. The van der Waals surface area contributed by atoms with Gasteiger partial charge in [-0.15, -0.1) is 23.7 Å². The molecule has 0 bridgehead atoms. The summed E-state index contributed by atoms with van der Waals surface area (Å²) in [7, 11) is 0. The maximum Gasteiger partial charge on any atom is 0.224 e. The van der Waals surface area contributed by atoms with E-state index in [1.165, 1.54) is 15.3 Å². The molecule has 3 rings (SSSR count). The number of carbonyl (C=O) groups is 1. The predicted molar refractivity (Wildman–Crippen MR) is 109 cm³/mol. The number of nitrogens with zero attached hydrogens (tertiary/aromatic N) is 1. The Morgan fingerprint density at radius 1 is 1.27 bits per heavy atom. The molecular formula is C20H27ClN2O2S. The Kier molecular flexibility index (Phi) is 8.59. The van der Waals surface area contributed by atoms with Crippen molar-refractivity contribution in [2.24, 2.45) is 0 Å². The SMILES string of the molecule is Cc1ccc(CN(CCc2ccccc2)C(=O)CC2COCCN2)s1.Cl. The molecule has 1 aromatic heterocycles. The number of hydrogen-bond donors (Lipinski definition) is 1. The second-order valence-electron chi connectivity index (χ2n) is 6.49. The van der Waals surface area contributed by atoms with Crippen molar-refractivity contribution >= 4 is 29.7 Å². The molecule has 1 aliphatic rings. The number of amides is 1. The van der Waals surface area contributed by atoms with Crippen LogP contribution in [0.15, 0.2) is 42.5 Å². The summed E-state index contributed by atoms with van der Waals surface area (Å²) in [6, 6.07) is 14.7. The molecule has 0 saturated carbocycles. The van der Waals surface area contributed by atoms with Gasteiger partial charge in [-0.25, -0.2) is 0 Å². The van der Waals surface area contributed by atoms with E-state index < -0.39 is 0 Å². The monoisotopic (exact) mass is 394 g/mol. The van der Waals surface area contributed by atoms with Gasteiger partial charge in [0.25, 0.3) is 0 Å². The molecular weight excluding hydrogens is 368 g/mol. The van der Waals surface area contributed by atoms with Crippen LogP contribution in [0.3, 0.4) is 0 Å². The lowest BCUT2D eigenvalue weighted by atomic mass is 10.1. The van der Waals surface area contributed by atoms with Gasteiger partial charge in [-0.05, 0) is 31.0 Å². The number of morpholine rings is 1. The number of nitrogens with one attached hydrogen (secondary N) is 1. The molecule has 1 saturated heterocycles. The minimum Gasteiger partial charge on any atom is -0.378 e. The highest BCUT2D eigenvalue weighted by Gasteiger charge is 2.21. The molecule has 0 spiro atoms. The highest BCUT2D eigenvalue weighted by atomic mass is 35.5. The third-order valence-electron chi connectivity index (χ3n) is 4.43. The minimum atomic E-state index is 0. The molecule has 1 atom stereocenters. The van der Waals surface area contributed by atoms with Gasteiger partial charge in [0.1, 0.15) is 0 Å². The summed E-state index contributed by atoms with van der Waals surface area (Å²) in [4.78, 5) is 17.4. The van der Waals surface area contributed by atoms with Crippen molar-refractivity contribution in [3.8, 4) is 0 Å². The van der Waals surface area contributed by atoms with E-state index in [0.29, 0.717) is 19.6 Å². The van der Waals surface area contributed by atoms with Crippen LogP contribution < -0.4 is 5.32 Å². The molecule has 142 valence electrons. The smallest absolute Gasteiger partial charge is 0.224 e. The first kappa shape index (κ1) is 20.9. The van der Waals surface area contributed by atoms with Gasteiger partial charge in [-0.3, -0.25) is 4.79 Å². The first-order valence-electron chi connectivity index (χ1n) is 8.89. The van der Waals surface area contributed by atoms with Crippen LogP contribution in [0.5, 0.6) is 0 Å². The molecule has 1 N–H and O–H groups in total. The summed E-state index contributed by atoms with van der Waals surface area (Å²) >= 11 is 1.77. The Morgan fingerprint density at radius 2 is 2.08 bits per heavy atom. The first-order chi connectivity index (χ1) is 12.2. The van der Waals surface area contributed by atoms with E-state index in [9.17, 15) is 4.79 Å². The molecule has 1 aromatic carbocycles. The Balaban J connectivity index is 0.00000243. The lowest BCUT2D eigenvalue weighted by Crippen LogP contribution is -2.45. The summed E-state index contributed by atoms with van der Waals surface area (Å²) in [6.07, 6.45) is 1.38. The van der Waals surface area contributed by atoms with Crippen LogP contribution in [-0.4, -0.2) is 43.2 Å². The maximum atomic E-state index is 12.9. The second-order valence-corrected chi connectivity index (χ2v) is 7.87. The van der Waals surface area contributed by atoms with Crippen molar-refractivity contribution in [1.29, 1.82) is 0 Å². The van der Waals surface area contributed by atoms with E-state index in [1.54, 1.807) is 11.3 Å². The van der Waals surface area contributed by atoms with E-state index in [-0.39, 0.29) is 24.4 Å². The molecule has 1 aliphatic heterocycles. The number of thiophene rings is 1. The predicted octanol–water partition coefficient (Wildman–Crippen LogP) is 3.43. The molecule has 1 amide bonds. The fraction of sp³-hybridized carbons (Fsp3) is 0.450. The molecule has 2 heterocycles. The number of carbonyl (C=O) groups excluding carboxylic acids is 1. The van der Waals surface area contributed by atoms with Gasteiger partial charge in [-0.2, -0.15) is 0 Å². The van der Waals surface area contributed by atoms with E-state index >= 15 is 0 Å². The summed E-state index contributed by atoms with van der Waals surface area (Å²) in [6.45, 7) is 5.72. The summed E-state index contributed by atoms with van der Waals surface area (Å²) in [5, 5.41) is 3.38. The van der Waals surface area contributed by atoms with E-state index in [0.717, 1.165) is 26.1 Å². The summed E-state index contributed by atoms with van der Waals surface area (Å²) in [5.74, 6) is 0.199. The van der Waals surface area contributed by atoms with Crippen LogP contribution in [0.25, 0.3) is 0 Å². The van der Waals surface area contributed by atoms with Crippen LogP contribution in [0.1, 0.15) is 21.7 Å². The highest BCUT2D eigenvalue weighted by Crippen LogP contribution is 2.18. The highest BCUT2D eigenvalue weighted by molar-refractivity contribution is 7.11. The molecule has 4 nitrogen and oxygen atoms in total. The quantitative estimate of drug-likeness (QED) is 0.782. The van der Waals surface area contributed by atoms with E-state index in [4.69, 9.17) is 4.74 Å². The largest absolute Gasteiger partial charge is 0.378 e. The number of ether oxygens (including phenoxy) is 1.